The highest BCUT2D eigenvalue weighted by Crippen LogP contribution is 2.30. The summed E-state index contributed by atoms with van der Waals surface area (Å²) in [4.78, 5) is 54.1. The topological polar surface area (TPSA) is 192 Å². The maximum Gasteiger partial charge on any atom is 0.302 e. The number of aliphatic hydroxyl groups is 1. The SMILES string of the molecule is CC(=O)OCCN(CCOC(C)=O)c1ccc(-c2nc3cc(C(CC(N)=O)NC(=O)[C@@H](N)[C@H](C)O)ccc3n2Cc2ccc(F)c(F)c2)cc1. The van der Waals surface area contributed by atoms with E-state index in [0.29, 0.717) is 46.6 Å². The number of carbonyl (C=O) groups is 4. The Balaban J connectivity index is 1.75. The molecule has 0 spiro atoms. The monoisotopic (exact) mass is 694 g/mol. The molecule has 13 nitrogen and oxygen atoms in total. The van der Waals surface area contributed by atoms with E-state index in [1.54, 1.807) is 18.2 Å². The molecule has 0 radical (unpaired) electrons. The lowest BCUT2D eigenvalue weighted by molar-refractivity contribution is -0.141. The molecule has 0 bridgehead atoms. The lowest BCUT2D eigenvalue weighted by Crippen LogP contribution is -2.48. The first-order chi connectivity index (χ1) is 23.7. The van der Waals surface area contributed by atoms with Crippen molar-refractivity contribution in [2.75, 3.05) is 31.2 Å². The van der Waals surface area contributed by atoms with E-state index < -0.39 is 53.6 Å². The van der Waals surface area contributed by atoms with Crippen molar-refractivity contribution in [3.63, 3.8) is 0 Å². The van der Waals surface area contributed by atoms with Gasteiger partial charge in [-0.2, -0.15) is 0 Å². The summed E-state index contributed by atoms with van der Waals surface area (Å²) in [5, 5.41) is 12.5. The molecule has 1 aromatic heterocycles. The highest BCUT2D eigenvalue weighted by molar-refractivity contribution is 5.85. The molecule has 0 aliphatic carbocycles. The summed E-state index contributed by atoms with van der Waals surface area (Å²) < 4.78 is 40.0. The van der Waals surface area contributed by atoms with Crippen molar-refractivity contribution in [1.82, 2.24) is 14.9 Å². The molecule has 1 unspecified atom stereocenters. The molecule has 0 aliphatic heterocycles. The number of anilines is 1. The largest absolute Gasteiger partial charge is 0.464 e. The summed E-state index contributed by atoms with van der Waals surface area (Å²) in [6, 6.07) is 13.9. The highest BCUT2D eigenvalue weighted by Gasteiger charge is 2.25. The van der Waals surface area contributed by atoms with E-state index >= 15 is 0 Å². The predicted octanol–water partition coefficient (Wildman–Crippen LogP) is 2.70. The van der Waals surface area contributed by atoms with Crippen molar-refractivity contribution in [2.45, 2.75) is 51.9 Å². The van der Waals surface area contributed by atoms with Crippen LogP contribution >= 0.6 is 0 Å². The lowest BCUT2D eigenvalue weighted by Gasteiger charge is -2.24. The zero-order valence-electron chi connectivity index (χ0n) is 27.9. The molecule has 3 aromatic carbocycles. The third-order valence-corrected chi connectivity index (χ3v) is 7.87. The number of esters is 2. The molecule has 0 saturated heterocycles. The van der Waals surface area contributed by atoms with Crippen LogP contribution in [-0.2, 0) is 35.2 Å². The number of hydrogen-bond donors (Lipinski definition) is 4. The number of fused-ring (bicyclic) bond motifs is 1. The number of nitrogens with one attached hydrogen (secondary N) is 1. The second-order valence-electron chi connectivity index (χ2n) is 11.7. The molecule has 0 saturated carbocycles. The smallest absolute Gasteiger partial charge is 0.302 e. The minimum atomic E-state index is -1.24. The zero-order valence-corrected chi connectivity index (χ0v) is 27.9. The Bertz CT molecular complexity index is 1830. The normalized spacial score (nSPS) is 12.9. The minimum Gasteiger partial charge on any atom is -0.464 e. The van der Waals surface area contributed by atoms with E-state index in [1.807, 2.05) is 33.7 Å². The Morgan fingerprint density at radius 1 is 0.940 bits per heavy atom. The van der Waals surface area contributed by atoms with Gasteiger partial charge in [-0.1, -0.05) is 12.1 Å². The van der Waals surface area contributed by atoms with Gasteiger partial charge in [0.15, 0.2) is 11.6 Å². The second-order valence-corrected chi connectivity index (χ2v) is 11.7. The molecule has 6 N–H and O–H groups in total. The van der Waals surface area contributed by atoms with E-state index in [4.69, 9.17) is 25.9 Å². The Labute approximate surface area is 287 Å². The van der Waals surface area contributed by atoms with Gasteiger partial charge in [0, 0.05) is 31.6 Å². The fourth-order valence-electron chi connectivity index (χ4n) is 5.30. The van der Waals surface area contributed by atoms with Gasteiger partial charge in [-0.25, -0.2) is 13.8 Å². The van der Waals surface area contributed by atoms with Crippen molar-refractivity contribution >= 4 is 40.5 Å². The molecule has 4 rings (SSSR count). The number of hydrogen-bond acceptors (Lipinski definition) is 10. The Morgan fingerprint density at radius 2 is 1.58 bits per heavy atom. The summed E-state index contributed by atoms with van der Waals surface area (Å²) in [5.74, 6) is -3.69. The summed E-state index contributed by atoms with van der Waals surface area (Å²) in [5.41, 5.74) is 14.8. The van der Waals surface area contributed by atoms with Gasteiger partial charge >= 0.3 is 11.9 Å². The van der Waals surface area contributed by atoms with E-state index in [1.165, 1.54) is 26.8 Å². The van der Waals surface area contributed by atoms with E-state index in [0.717, 1.165) is 17.8 Å². The van der Waals surface area contributed by atoms with Crippen LogP contribution in [0, 0.1) is 11.6 Å². The van der Waals surface area contributed by atoms with Crippen LogP contribution in [0.1, 0.15) is 44.4 Å². The molecule has 266 valence electrons. The quantitative estimate of drug-likeness (QED) is 0.127. The zero-order chi connectivity index (χ0) is 36.5. The number of rotatable bonds is 16. The maximum atomic E-state index is 14.2. The fourth-order valence-corrected chi connectivity index (χ4v) is 5.30. The third-order valence-electron chi connectivity index (χ3n) is 7.87. The number of halogens is 2. The molecular weight excluding hydrogens is 654 g/mol. The standard InChI is InChI=1S/C35H40F2N6O7/c1-20(44)33(39)35(48)41-29(18-32(38)47)25-7-11-31-30(17-25)40-34(43(31)19-23-4-10-27(36)28(37)16-23)24-5-8-26(9-6-24)42(12-14-49-21(2)45)13-15-50-22(3)46/h4-11,16-17,20,29,33,44H,12-15,18-19,39H2,1-3H3,(H2,38,47)(H,41,48)/t20-,29?,33-/m0/s1. The van der Waals surface area contributed by atoms with E-state index in [-0.39, 0.29) is 26.2 Å². The minimum absolute atomic E-state index is 0.117. The van der Waals surface area contributed by atoms with Gasteiger partial charge in [0.2, 0.25) is 11.8 Å². The van der Waals surface area contributed by atoms with Crippen molar-refractivity contribution < 1.29 is 42.5 Å². The summed E-state index contributed by atoms with van der Waals surface area (Å²) in [6.45, 7) is 5.02. The molecule has 2 amide bonds. The first kappa shape index (κ1) is 37.4. The summed E-state index contributed by atoms with van der Waals surface area (Å²) >= 11 is 0. The molecular formula is C35H40F2N6O7. The van der Waals surface area contributed by atoms with Crippen LogP contribution in [-0.4, -0.2) is 76.9 Å². The van der Waals surface area contributed by atoms with Crippen LogP contribution in [0.15, 0.2) is 60.7 Å². The fraction of sp³-hybridized carbons (Fsp3) is 0.343. The second kappa shape index (κ2) is 16.8. The first-order valence-electron chi connectivity index (χ1n) is 15.8. The van der Waals surface area contributed by atoms with Gasteiger partial charge in [-0.15, -0.1) is 0 Å². The molecule has 3 atom stereocenters. The number of ether oxygens (including phenoxy) is 2. The molecule has 1 heterocycles. The maximum absolute atomic E-state index is 14.2. The Kier molecular flexibility index (Phi) is 12.6. The summed E-state index contributed by atoms with van der Waals surface area (Å²) in [7, 11) is 0. The van der Waals surface area contributed by atoms with Crippen molar-refractivity contribution in [1.29, 1.82) is 0 Å². The van der Waals surface area contributed by atoms with Crippen LogP contribution in [0.25, 0.3) is 22.4 Å². The van der Waals surface area contributed by atoms with E-state index in [2.05, 4.69) is 5.32 Å². The Morgan fingerprint density at radius 3 is 2.14 bits per heavy atom. The number of amides is 2. The van der Waals surface area contributed by atoms with Crippen LogP contribution in [0.4, 0.5) is 14.5 Å². The van der Waals surface area contributed by atoms with E-state index in [9.17, 15) is 33.1 Å². The highest BCUT2D eigenvalue weighted by atomic mass is 19.2. The van der Waals surface area contributed by atoms with Crippen molar-refractivity contribution in [2.24, 2.45) is 11.5 Å². The third kappa shape index (κ3) is 9.83. The van der Waals surface area contributed by atoms with Gasteiger partial charge in [-0.3, -0.25) is 19.2 Å². The lowest BCUT2D eigenvalue weighted by atomic mass is 10.0. The number of nitrogens with zero attached hydrogens (tertiary/aromatic N) is 3. The number of aliphatic hydroxyl groups excluding tert-OH is 1. The van der Waals surface area contributed by atoms with Gasteiger partial charge in [0.25, 0.3) is 0 Å². The van der Waals surface area contributed by atoms with Gasteiger partial charge in [0.05, 0.1) is 42.7 Å². The summed E-state index contributed by atoms with van der Waals surface area (Å²) in [6.07, 6.45) is -1.39. The van der Waals surface area contributed by atoms with Crippen LogP contribution in [0.2, 0.25) is 0 Å². The Hall–Kier alpha value is -5.41. The first-order valence-corrected chi connectivity index (χ1v) is 15.8. The average Bonchev–Trinajstić information content (AvgIpc) is 3.41. The van der Waals surface area contributed by atoms with Gasteiger partial charge in [-0.05, 0) is 66.6 Å². The number of carbonyl (C=O) groups excluding carboxylic acids is 4. The molecule has 0 fully saturated rings. The number of primary amides is 1. The number of imidazole rings is 1. The van der Waals surface area contributed by atoms with Gasteiger partial charge in [0.1, 0.15) is 25.1 Å². The number of benzene rings is 3. The van der Waals surface area contributed by atoms with Crippen molar-refractivity contribution in [3.05, 3.63) is 83.4 Å². The van der Waals surface area contributed by atoms with Crippen LogP contribution in [0.3, 0.4) is 0 Å². The molecule has 4 aromatic rings. The average molecular weight is 695 g/mol. The molecule has 0 aliphatic rings. The predicted molar refractivity (Wildman–Crippen MR) is 180 cm³/mol. The van der Waals surface area contributed by atoms with Crippen molar-refractivity contribution in [3.8, 4) is 11.4 Å². The van der Waals surface area contributed by atoms with Crippen LogP contribution < -0.4 is 21.7 Å². The number of nitrogens with two attached hydrogens (primary N) is 2. The molecule has 15 heteroatoms. The van der Waals surface area contributed by atoms with Gasteiger partial charge < -0.3 is 40.8 Å². The molecule has 50 heavy (non-hydrogen) atoms. The van der Waals surface area contributed by atoms with Crippen LogP contribution in [0.5, 0.6) is 0 Å². The number of aromatic nitrogens is 2.